The Kier molecular flexibility index (Phi) is 6.01. The second-order valence-electron chi connectivity index (χ2n) is 5.72. The average molecular weight is 371 g/mol. The average Bonchev–Trinajstić information content (AvgIpc) is 3.36. The number of nitrogens with zero attached hydrogens (tertiary/aromatic N) is 2. The van der Waals surface area contributed by atoms with Gasteiger partial charge in [-0.25, -0.2) is 0 Å². The Balaban J connectivity index is 1.55. The molecule has 0 saturated heterocycles. The number of hydrogen-bond donors (Lipinski definition) is 1. The fraction of sp³-hybridized carbons (Fsp3) is 0.316. The first-order valence-electron chi connectivity index (χ1n) is 8.59. The number of benzene rings is 1. The van der Waals surface area contributed by atoms with Crippen LogP contribution in [0.3, 0.4) is 0 Å². The molecule has 0 aliphatic rings. The Morgan fingerprint density at radius 1 is 1.27 bits per heavy atom. The second-order valence-corrected chi connectivity index (χ2v) is 6.67. The third-order valence-electron chi connectivity index (χ3n) is 3.90. The van der Waals surface area contributed by atoms with Crippen LogP contribution in [0.25, 0.3) is 10.7 Å². The molecule has 0 saturated carbocycles. The summed E-state index contributed by atoms with van der Waals surface area (Å²) in [6.07, 6.45) is 0.962. The molecular formula is C19H21N3O3S. The summed E-state index contributed by atoms with van der Waals surface area (Å²) in [7, 11) is 0. The number of nitrogens with one attached hydrogen (secondary N) is 1. The van der Waals surface area contributed by atoms with Crippen molar-refractivity contribution in [3.63, 3.8) is 0 Å². The zero-order valence-corrected chi connectivity index (χ0v) is 15.6. The standard InChI is InChI=1S/C19H21N3O3S/c1-3-13-7-9-14(10-8-13)24-15(4-2)19(23)20-12-17-21-18(22-25-17)16-6-5-11-26-16/h5-11,15H,3-4,12H2,1-2H3,(H,20,23)/t15-/m1/s1. The molecule has 26 heavy (non-hydrogen) atoms. The summed E-state index contributed by atoms with van der Waals surface area (Å²) < 4.78 is 11.0. The molecule has 2 aromatic heterocycles. The van der Waals surface area contributed by atoms with Crippen molar-refractivity contribution < 1.29 is 14.1 Å². The second kappa shape index (κ2) is 8.62. The highest BCUT2D eigenvalue weighted by molar-refractivity contribution is 7.13. The molecule has 0 aliphatic carbocycles. The molecule has 7 heteroatoms. The first-order chi connectivity index (χ1) is 12.7. The van der Waals surface area contributed by atoms with Crippen molar-refractivity contribution >= 4 is 17.2 Å². The molecule has 136 valence electrons. The molecule has 0 radical (unpaired) electrons. The van der Waals surface area contributed by atoms with Crippen molar-refractivity contribution in [2.75, 3.05) is 0 Å². The van der Waals surface area contributed by atoms with Crippen molar-refractivity contribution in [2.45, 2.75) is 39.3 Å². The lowest BCUT2D eigenvalue weighted by molar-refractivity contribution is -0.128. The van der Waals surface area contributed by atoms with Gasteiger partial charge in [0.1, 0.15) is 5.75 Å². The molecule has 6 nitrogen and oxygen atoms in total. The summed E-state index contributed by atoms with van der Waals surface area (Å²) in [4.78, 5) is 17.6. The third-order valence-corrected chi connectivity index (χ3v) is 4.76. The molecule has 1 amide bonds. The SMILES string of the molecule is CCc1ccc(O[C@H](CC)C(=O)NCc2nc(-c3cccs3)no2)cc1. The molecule has 0 fully saturated rings. The molecule has 1 N–H and O–H groups in total. The van der Waals surface area contributed by atoms with Crippen LogP contribution in [-0.4, -0.2) is 22.2 Å². The van der Waals surface area contributed by atoms with Gasteiger partial charge in [0.05, 0.1) is 11.4 Å². The van der Waals surface area contributed by atoms with Crippen LogP contribution < -0.4 is 10.1 Å². The van der Waals surface area contributed by atoms with E-state index in [4.69, 9.17) is 9.26 Å². The van der Waals surface area contributed by atoms with Crippen LogP contribution >= 0.6 is 11.3 Å². The van der Waals surface area contributed by atoms with E-state index in [-0.39, 0.29) is 12.5 Å². The van der Waals surface area contributed by atoms with E-state index in [0.29, 0.717) is 23.9 Å². The maximum Gasteiger partial charge on any atom is 0.261 e. The fourth-order valence-corrected chi connectivity index (χ4v) is 3.05. The molecule has 1 atom stereocenters. The van der Waals surface area contributed by atoms with Gasteiger partial charge in [-0.3, -0.25) is 4.79 Å². The molecule has 1 aromatic carbocycles. The van der Waals surface area contributed by atoms with Crippen LogP contribution in [0.4, 0.5) is 0 Å². The number of thiophene rings is 1. The molecule has 0 aliphatic heterocycles. The summed E-state index contributed by atoms with van der Waals surface area (Å²) in [5.41, 5.74) is 1.23. The topological polar surface area (TPSA) is 77.2 Å². The van der Waals surface area contributed by atoms with E-state index in [1.165, 1.54) is 16.9 Å². The van der Waals surface area contributed by atoms with Gasteiger partial charge in [0.2, 0.25) is 11.7 Å². The summed E-state index contributed by atoms with van der Waals surface area (Å²) in [5.74, 6) is 1.37. The number of carbonyl (C=O) groups is 1. The number of rotatable bonds is 8. The van der Waals surface area contributed by atoms with Gasteiger partial charge >= 0.3 is 0 Å². The monoisotopic (exact) mass is 371 g/mol. The Labute approximate surface area is 156 Å². The normalized spacial score (nSPS) is 11.9. The van der Waals surface area contributed by atoms with Crippen molar-refractivity contribution in [2.24, 2.45) is 0 Å². The summed E-state index contributed by atoms with van der Waals surface area (Å²) in [6, 6.07) is 11.6. The van der Waals surface area contributed by atoms with Crippen LogP contribution in [0.15, 0.2) is 46.3 Å². The van der Waals surface area contributed by atoms with E-state index in [0.717, 1.165) is 11.3 Å². The van der Waals surface area contributed by atoms with E-state index in [2.05, 4.69) is 22.4 Å². The number of amides is 1. The number of carbonyl (C=O) groups excluding carboxylic acids is 1. The lowest BCUT2D eigenvalue weighted by atomic mass is 10.2. The zero-order chi connectivity index (χ0) is 18.4. The van der Waals surface area contributed by atoms with Crippen molar-refractivity contribution in [3.8, 4) is 16.5 Å². The van der Waals surface area contributed by atoms with E-state index in [1.54, 1.807) is 0 Å². The first kappa shape index (κ1) is 18.1. The molecule has 0 spiro atoms. The number of aromatic nitrogens is 2. The van der Waals surface area contributed by atoms with Gasteiger partial charge in [0.25, 0.3) is 5.91 Å². The van der Waals surface area contributed by atoms with Gasteiger partial charge < -0.3 is 14.6 Å². The fourth-order valence-electron chi connectivity index (χ4n) is 2.40. The first-order valence-corrected chi connectivity index (χ1v) is 9.47. The summed E-state index contributed by atoms with van der Waals surface area (Å²) in [5, 5.41) is 8.67. The Hall–Kier alpha value is -2.67. The predicted molar refractivity (Wildman–Crippen MR) is 100.0 cm³/mol. The van der Waals surface area contributed by atoms with Crippen molar-refractivity contribution in [1.82, 2.24) is 15.5 Å². The maximum absolute atomic E-state index is 12.4. The van der Waals surface area contributed by atoms with E-state index >= 15 is 0 Å². The smallest absolute Gasteiger partial charge is 0.261 e. The maximum atomic E-state index is 12.4. The van der Waals surface area contributed by atoms with Crippen molar-refractivity contribution in [3.05, 3.63) is 53.2 Å². The van der Waals surface area contributed by atoms with Gasteiger partial charge in [-0.05, 0) is 42.0 Å². The Morgan fingerprint density at radius 3 is 2.73 bits per heavy atom. The van der Waals surface area contributed by atoms with Crippen LogP contribution in [0.1, 0.15) is 31.7 Å². The number of aryl methyl sites for hydroxylation is 1. The summed E-state index contributed by atoms with van der Waals surface area (Å²) >= 11 is 1.53. The highest BCUT2D eigenvalue weighted by atomic mass is 32.1. The quantitative estimate of drug-likeness (QED) is 0.651. The van der Waals surface area contributed by atoms with Gasteiger partial charge in [0.15, 0.2) is 6.10 Å². The van der Waals surface area contributed by atoms with E-state index < -0.39 is 6.10 Å². The largest absolute Gasteiger partial charge is 0.481 e. The van der Waals surface area contributed by atoms with Gasteiger partial charge in [-0.15, -0.1) is 11.3 Å². The molecule has 2 heterocycles. The van der Waals surface area contributed by atoms with Gasteiger partial charge in [-0.2, -0.15) is 4.98 Å². The lowest BCUT2D eigenvalue weighted by Gasteiger charge is -2.17. The minimum atomic E-state index is -0.567. The minimum absolute atomic E-state index is 0.172. The van der Waals surface area contributed by atoms with Gasteiger partial charge in [0, 0.05) is 0 Å². The lowest BCUT2D eigenvalue weighted by Crippen LogP contribution is -2.37. The van der Waals surface area contributed by atoms with Crippen LogP contribution in [-0.2, 0) is 17.8 Å². The summed E-state index contributed by atoms with van der Waals surface area (Å²) in [6.45, 7) is 4.18. The minimum Gasteiger partial charge on any atom is -0.481 e. The molecule has 0 unspecified atom stereocenters. The van der Waals surface area contributed by atoms with Crippen LogP contribution in [0.2, 0.25) is 0 Å². The van der Waals surface area contributed by atoms with Crippen molar-refractivity contribution in [1.29, 1.82) is 0 Å². The third kappa shape index (κ3) is 4.49. The van der Waals surface area contributed by atoms with E-state index in [1.807, 2.05) is 48.7 Å². The predicted octanol–water partition coefficient (Wildman–Crippen LogP) is 3.83. The van der Waals surface area contributed by atoms with E-state index in [9.17, 15) is 4.79 Å². The molecule has 0 bridgehead atoms. The van der Waals surface area contributed by atoms with Crippen LogP contribution in [0.5, 0.6) is 5.75 Å². The number of hydrogen-bond acceptors (Lipinski definition) is 6. The molecule has 3 rings (SSSR count). The zero-order valence-electron chi connectivity index (χ0n) is 14.8. The number of ether oxygens (including phenoxy) is 1. The highest BCUT2D eigenvalue weighted by Gasteiger charge is 2.19. The molecule has 3 aromatic rings. The van der Waals surface area contributed by atoms with Gasteiger partial charge in [-0.1, -0.05) is 37.2 Å². The Morgan fingerprint density at radius 2 is 2.08 bits per heavy atom. The molecular weight excluding hydrogens is 350 g/mol. The Bertz CT molecular complexity index is 828. The van der Waals surface area contributed by atoms with Crippen LogP contribution in [0, 0.1) is 0 Å². The highest BCUT2D eigenvalue weighted by Crippen LogP contribution is 2.21.